The van der Waals surface area contributed by atoms with E-state index in [1.807, 2.05) is 0 Å². The third-order valence-electron chi connectivity index (χ3n) is 3.90. The van der Waals surface area contributed by atoms with Crippen LogP contribution in [-0.2, 0) is 6.54 Å². The summed E-state index contributed by atoms with van der Waals surface area (Å²) in [4.78, 5) is 2.18. The van der Waals surface area contributed by atoms with Crippen molar-refractivity contribution in [3.63, 3.8) is 0 Å². The summed E-state index contributed by atoms with van der Waals surface area (Å²) in [6, 6.07) is 13.1. The molecule has 0 aliphatic heterocycles. The van der Waals surface area contributed by atoms with Gasteiger partial charge in [0.1, 0.15) is 0 Å². The number of fused-ring (bicyclic) bond motifs is 1. The molecular formula is C17H23NO. The summed E-state index contributed by atoms with van der Waals surface area (Å²) in [6.07, 6.45) is 0. The Morgan fingerprint density at radius 1 is 1.05 bits per heavy atom. The van der Waals surface area contributed by atoms with Gasteiger partial charge < -0.3 is 5.11 Å². The van der Waals surface area contributed by atoms with E-state index in [9.17, 15) is 5.11 Å². The van der Waals surface area contributed by atoms with Gasteiger partial charge in [0.15, 0.2) is 0 Å². The lowest BCUT2D eigenvalue weighted by Crippen LogP contribution is -2.43. The Labute approximate surface area is 115 Å². The average molecular weight is 257 g/mol. The first-order valence-corrected chi connectivity index (χ1v) is 6.74. The Morgan fingerprint density at radius 2 is 1.68 bits per heavy atom. The fraction of sp³-hybridized carbons (Fsp3) is 0.412. The maximum atomic E-state index is 9.40. The minimum absolute atomic E-state index is 0.163. The largest absolute Gasteiger partial charge is 0.394 e. The number of aliphatic hydroxyl groups excluding tert-OH is 1. The third kappa shape index (κ3) is 3.14. The highest BCUT2D eigenvalue weighted by atomic mass is 16.3. The van der Waals surface area contributed by atoms with Gasteiger partial charge in [0.2, 0.25) is 0 Å². The first-order valence-electron chi connectivity index (χ1n) is 6.74. The van der Waals surface area contributed by atoms with Crippen LogP contribution in [0.5, 0.6) is 0 Å². The van der Waals surface area contributed by atoms with Gasteiger partial charge in [-0.2, -0.15) is 0 Å². The Kier molecular flexibility index (Phi) is 3.93. The highest BCUT2D eigenvalue weighted by Crippen LogP contribution is 2.20. The van der Waals surface area contributed by atoms with Gasteiger partial charge >= 0.3 is 0 Å². The van der Waals surface area contributed by atoms with E-state index in [0.717, 1.165) is 6.54 Å². The summed E-state index contributed by atoms with van der Waals surface area (Å²) in [5.74, 6) is 0. The van der Waals surface area contributed by atoms with Gasteiger partial charge in [0.25, 0.3) is 0 Å². The quantitative estimate of drug-likeness (QED) is 0.908. The predicted molar refractivity (Wildman–Crippen MR) is 81.3 cm³/mol. The molecule has 0 heterocycles. The molecule has 0 saturated heterocycles. The van der Waals surface area contributed by atoms with Gasteiger partial charge in [-0.25, -0.2) is 0 Å². The van der Waals surface area contributed by atoms with E-state index in [4.69, 9.17) is 0 Å². The molecule has 2 aromatic rings. The number of rotatable bonds is 4. The SMILES string of the molecule is Cc1ccc2cc(CN(C)C(C)(C)CO)ccc2c1. The fourth-order valence-corrected chi connectivity index (χ4v) is 2.12. The predicted octanol–water partition coefficient (Wildman–Crippen LogP) is 3.35. The molecule has 0 atom stereocenters. The molecule has 0 amide bonds. The van der Waals surface area contributed by atoms with E-state index in [1.165, 1.54) is 21.9 Å². The number of nitrogens with zero attached hydrogens (tertiary/aromatic N) is 1. The number of likely N-dealkylation sites (N-methyl/N-ethyl adjacent to an activating group) is 1. The van der Waals surface area contributed by atoms with E-state index in [-0.39, 0.29) is 12.1 Å². The number of aliphatic hydroxyl groups is 1. The lowest BCUT2D eigenvalue weighted by Gasteiger charge is -2.33. The molecular weight excluding hydrogens is 234 g/mol. The summed E-state index contributed by atoms with van der Waals surface area (Å²) < 4.78 is 0. The molecule has 102 valence electrons. The molecule has 0 unspecified atom stereocenters. The molecule has 0 aromatic heterocycles. The number of benzene rings is 2. The van der Waals surface area contributed by atoms with Gasteiger partial charge in [-0.15, -0.1) is 0 Å². The Hall–Kier alpha value is -1.38. The van der Waals surface area contributed by atoms with E-state index >= 15 is 0 Å². The molecule has 0 aliphatic rings. The molecule has 0 radical (unpaired) electrons. The van der Waals surface area contributed by atoms with Crippen molar-refractivity contribution in [2.24, 2.45) is 0 Å². The standard InChI is InChI=1S/C17H23NO/c1-13-5-7-16-10-14(6-8-15(16)9-13)11-18(4)17(2,3)12-19/h5-10,19H,11-12H2,1-4H3. The van der Waals surface area contributed by atoms with E-state index in [2.05, 4.69) is 69.1 Å². The zero-order valence-corrected chi connectivity index (χ0v) is 12.3. The summed E-state index contributed by atoms with van der Waals surface area (Å²) >= 11 is 0. The van der Waals surface area contributed by atoms with Gasteiger partial charge in [-0.1, -0.05) is 35.9 Å². The Bertz CT molecular complexity index is 574. The molecule has 0 fully saturated rings. The van der Waals surface area contributed by atoms with Crippen LogP contribution in [0.25, 0.3) is 10.8 Å². The number of hydrogen-bond donors (Lipinski definition) is 1. The molecule has 1 N–H and O–H groups in total. The second-order valence-corrected chi connectivity index (χ2v) is 6.01. The molecule has 2 heteroatoms. The zero-order chi connectivity index (χ0) is 14.0. The molecule has 0 aliphatic carbocycles. The van der Waals surface area contributed by atoms with Crippen molar-refractivity contribution in [3.8, 4) is 0 Å². The molecule has 2 aromatic carbocycles. The molecule has 2 rings (SSSR count). The van der Waals surface area contributed by atoms with E-state index < -0.39 is 0 Å². The van der Waals surface area contributed by atoms with Crippen molar-refractivity contribution in [1.29, 1.82) is 0 Å². The lowest BCUT2D eigenvalue weighted by atomic mass is 10.0. The van der Waals surface area contributed by atoms with Crippen LogP contribution in [0, 0.1) is 6.92 Å². The summed E-state index contributed by atoms with van der Waals surface area (Å²) in [7, 11) is 2.05. The molecule has 0 saturated carbocycles. The van der Waals surface area contributed by atoms with E-state index in [1.54, 1.807) is 0 Å². The zero-order valence-electron chi connectivity index (χ0n) is 12.3. The summed E-state index contributed by atoms with van der Waals surface area (Å²) in [6.45, 7) is 7.23. The molecule has 2 nitrogen and oxygen atoms in total. The highest BCUT2D eigenvalue weighted by molar-refractivity contribution is 5.83. The van der Waals surface area contributed by atoms with Crippen molar-refractivity contribution < 1.29 is 5.11 Å². The van der Waals surface area contributed by atoms with Crippen LogP contribution >= 0.6 is 0 Å². The van der Waals surface area contributed by atoms with Gasteiger partial charge in [-0.05, 0) is 50.2 Å². The minimum atomic E-state index is -0.192. The number of hydrogen-bond acceptors (Lipinski definition) is 2. The monoisotopic (exact) mass is 257 g/mol. The maximum absolute atomic E-state index is 9.40. The van der Waals surface area contributed by atoms with Crippen molar-refractivity contribution in [2.75, 3.05) is 13.7 Å². The molecule has 0 spiro atoms. The topological polar surface area (TPSA) is 23.5 Å². The van der Waals surface area contributed by atoms with Crippen molar-refractivity contribution >= 4 is 10.8 Å². The first kappa shape index (κ1) is 14.0. The maximum Gasteiger partial charge on any atom is 0.0610 e. The fourth-order valence-electron chi connectivity index (χ4n) is 2.12. The van der Waals surface area contributed by atoms with E-state index in [0.29, 0.717) is 0 Å². The van der Waals surface area contributed by atoms with Crippen molar-refractivity contribution in [2.45, 2.75) is 32.9 Å². The minimum Gasteiger partial charge on any atom is -0.394 e. The van der Waals surface area contributed by atoms with Crippen LogP contribution in [0.1, 0.15) is 25.0 Å². The highest BCUT2D eigenvalue weighted by Gasteiger charge is 2.22. The van der Waals surface area contributed by atoms with Crippen molar-refractivity contribution in [1.82, 2.24) is 4.90 Å². The third-order valence-corrected chi connectivity index (χ3v) is 3.90. The molecule has 0 bridgehead atoms. The van der Waals surface area contributed by atoms with Gasteiger partial charge in [0.05, 0.1) is 6.61 Å². The Balaban J connectivity index is 2.25. The van der Waals surface area contributed by atoms with Crippen molar-refractivity contribution in [3.05, 3.63) is 47.5 Å². The van der Waals surface area contributed by atoms with Crippen LogP contribution in [0.2, 0.25) is 0 Å². The lowest BCUT2D eigenvalue weighted by molar-refractivity contribution is 0.0734. The van der Waals surface area contributed by atoms with Gasteiger partial charge in [-0.3, -0.25) is 4.90 Å². The van der Waals surface area contributed by atoms with Crippen LogP contribution < -0.4 is 0 Å². The van der Waals surface area contributed by atoms with Gasteiger partial charge in [0, 0.05) is 12.1 Å². The van der Waals surface area contributed by atoms with Crippen LogP contribution in [0.15, 0.2) is 36.4 Å². The number of aryl methyl sites for hydroxylation is 1. The first-order chi connectivity index (χ1) is 8.92. The second kappa shape index (κ2) is 5.32. The molecule has 19 heavy (non-hydrogen) atoms. The summed E-state index contributed by atoms with van der Waals surface area (Å²) in [5.41, 5.74) is 2.38. The normalized spacial score (nSPS) is 12.3. The summed E-state index contributed by atoms with van der Waals surface area (Å²) in [5, 5.41) is 12.0. The van der Waals surface area contributed by atoms with Crippen LogP contribution in [0.3, 0.4) is 0 Å². The second-order valence-electron chi connectivity index (χ2n) is 6.01. The average Bonchev–Trinajstić information content (AvgIpc) is 2.38. The van der Waals surface area contributed by atoms with Crippen LogP contribution in [0.4, 0.5) is 0 Å². The smallest absolute Gasteiger partial charge is 0.0610 e. The van der Waals surface area contributed by atoms with Crippen LogP contribution in [-0.4, -0.2) is 29.2 Å². The Morgan fingerprint density at radius 3 is 2.37 bits per heavy atom.